The Hall–Kier alpha value is -2.24. The van der Waals surface area contributed by atoms with Gasteiger partial charge in [-0.25, -0.2) is 0 Å². The summed E-state index contributed by atoms with van der Waals surface area (Å²) >= 11 is 6.33. The predicted octanol–water partition coefficient (Wildman–Crippen LogP) is 3.56. The zero-order valence-corrected chi connectivity index (χ0v) is 16.4. The maximum atomic E-state index is 13.1. The lowest BCUT2D eigenvalue weighted by Gasteiger charge is -2.18. The van der Waals surface area contributed by atoms with Crippen LogP contribution in [0.25, 0.3) is 0 Å². The standard InChI is InChI=1S/C21H25ClN2O3/c1-3-27-20-18(22)9-15(10-19(20)26-2)21(25)24-12-16(11-23)17(13-24)14-7-5-4-6-8-14/h4-10,16-17H,3,11-13,23H2,1-2H3/t16-,17+/m1/s1. The Bertz CT molecular complexity index is 798. The van der Waals surface area contributed by atoms with E-state index in [0.29, 0.717) is 48.3 Å². The van der Waals surface area contributed by atoms with Crippen LogP contribution in [0.2, 0.25) is 5.02 Å². The number of carbonyl (C=O) groups excluding carboxylic acids is 1. The zero-order valence-electron chi connectivity index (χ0n) is 15.7. The summed E-state index contributed by atoms with van der Waals surface area (Å²) < 4.78 is 10.9. The molecule has 6 heteroatoms. The fourth-order valence-electron chi connectivity index (χ4n) is 3.66. The van der Waals surface area contributed by atoms with Gasteiger partial charge in [-0.05, 0) is 37.1 Å². The Labute approximate surface area is 165 Å². The van der Waals surface area contributed by atoms with Crippen molar-refractivity contribution in [3.63, 3.8) is 0 Å². The molecule has 5 nitrogen and oxygen atoms in total. The number of halogens is 1. The van der Waals surface area contributed by atoms with Gasteiger partial charge in [0.1, 0.15) is 0 Å². The van der Waals surface area contributed by atoms with E-state index in [1.807, 2.05) is 30.0 Å². The molecule has 0 aromatic heterocycles. The monoisotopic (exact) mass is 388 g/mol. The molecule has 0 aliphatic carbocycles. The third-order valence-electron chi connectivity index (χ3n) is 5.02. The highest BCUT2D eigenvalue weighted by Crippen LogP contribution is 2.38. The molecule has 0 unspecified atom stereocenters. The second kappa shape index (κ2) is 8.63. The van der Waals surface area contributed by atoms with Gasteiger partial charge < -0.3 is 20.1 Å². The number of ether oxygens (including phenoxy) is 2. The highest BCUT2D eigenvalue weighted by Gasteiger charge is 2.36. The van der Waals surface area contributed by atoms with Crippen molar-refractivity contribution in [2.75, 3.05) is 33.4 Å². The minimum atomic E-state index is -0.0740. The first-order valence-electron chi connectivity index (χ1n) is 9.13. The SMILES string of the molecule is CCOc1c(Cl)cc(C(=O)N2C[C@@H](CN)[C@H](c3ccccc3)C2)cc1OC. The van der Waals surface area contributed by atoms with Gasteiger partial charge in [-0.2, -0.15) is 0 Å². The van der Waals surface area contributed by atoms with Crippen LogP contribution in [-0.4, -0.2) is 44.2 Å². The number of methoxy groups -OCH3 is 1. The highest BCUT2D eigenvalue weighted by atomic mass is 35.5. The van der Waals surface area contributed by atoms with Crippen LogP contribution >= 0.6 is 11.6 Å². The van der Waals surface area contributed by atoms with Crippen molar-refractivity contribution in [3.05, 3.63) is 58.6 Å². The summed E-state index contributed by atoms with van der Waals surface area (Å²) in [6.45, 7) is 4.14. The van der Waals surface area contributed by atoms with Crippen molar-refractivity contribution < 1.29 is 14.3 Å². The van der Waals surface area contributed by atoms with E-state index in [4.69, 9.17) is 26.8 Å². The van der Waals surface area contributed by atoms with E-state index in [1.54, 1.807) is 12.1 Å². The Morgan fingerprint density at radius 3 is 2.63 bits per heavy atom. The first kappa shape index (κ1) is 19.5. The summed E-state index contributed by atoms with van der Waals surface area (Å²) in [5.41, 5.74) is 7.69. The van der Waals surface area contributed by atoms with Crippen LogP contribution < -0.4 is 15.2 Å². The topological polar surface area (TPSA) is 64.8 Å². The minimum Gasteiger partial charge on any atom is -0.493 e. The fourth-order valence-corrected chi connectivity index (χ4v) is 3.93. The van der Waals surface area contributed by atoms with Crippen LogP contribution in [0.1, 0.15) is 28.8 Å². The normalized spacial score (nSPS) is 19.2. The molecule has 1 fully saturated rings. The van der Waals surface area contributed by atoms with Crippen molar-refractivity contribution in [2.45, 2.75) is 12.8 Å². The molecular weight excluding hydrogens is 364 g/mol. The highest BCUT2D eigenvalue weighted by molar-refractivity contribution is 6.32. The van der Waals surface area contributed by atoms with Gasteiger partial charge >= 0.3 is 0 Å². The molecule has 1 heterocycles. The lowest BCUT2D eigenvalue weighted by Crippen LogP contribution is -2.29. The minimum absolute atomic E-state index is 0.0740. The van der Waals surface area contributed by atoms with E-state index in [0.717, 1.165) is 0 Å². The van der Waals surface area contributed by atoms with Gasteiger partial charge in [0.15, 0.2) is 11.5 Å². The molecule has 0 radical (unpaired) electrons. The molecule has 3 rings (SSSR count). The third-order valence-corrected chi connectivity index (χ3v) is 5.30. The molecule has 2 atom stereocenters. The van der Waals surface area contributed by atoms with Gasteiger partial charge in [-0.15, -0.1) is 0 Å². The Morgan fingerprint density at radius 2 is 2.00 bits per heavy atom. The average Bonchev–Trinajstić information content (AvgIpc) is 3.14. The van der Waals surface area contributed by atoms with Crippen molar-refractivity contribution in [1.82, 2.24) is 4.90 Å². The van der Waals surface area contributed by atoms with E-state index < -0.39 is 0 Å². The van der Waals surface area contributed by atoms with Crippen molar-refractivity contribution in [3.8, 4) is 11.5 Å². The predicted molar refractivity (Wildman–Crippen MR) is 107 cm³/mol. The number of hydrogen-bond acceptors (Lipinski definition) is 4. The van der Waals surface area contributed by atoms with Crippen molar-refractivity contribution >= 4 is 17.5 Å². The quantitative estimate of drug-likeness (QED) is 0.821. The second-order valence-corrected chi connectivity index (χ2v) is 7.05. The van der Waals surface area contributed by atoms with E-state index in [2.05, 4.69) is 12.1 Å². The molecule has 1 aliphatic heterocycles. The molecule has 0 spiro atoms. The van der Waals surface area contributed by atoms with Gasteiger partial charge in [-0.3, -0.25) is 4.79 Å². The Balaban J connectivity index is 1.85. The number of nitrogens with two attached hydrogens (primary N) is 1. The second-order valence-electron chi connectivity index (χ2n) is 6.65. The number of rotatable bonds is 6. The smallest absolute Gasteiger partial charge is 0.254 e. The van der Waals surface area contributed by atoms with E-state index >= 15 is 0 Å². The van der Waals surface area contributed by atoms with Crippen LogP contribution in [0.5, 0.6) is 11.5 Å². The molecular formula is C21H25ClN2O3. The van der Waals surface area contributed by atoms with E-state index in [-0.39, 0.29) is 17.7 Å². The molecule has 2 aromatic rings. The molecule has 27 heavy (non-hydrogen) atoms. The number of likely N-dealkylation sites (tertiary alicyclic amines) is 1. The van der Waals surface area contributed by atoms with Crippen LogP contribution in [0.4, 0.5) is 0 Å². The van der Waals surface area contributed by atoms with Crippen LogP contribution in [0.3, 0.4) is 0 Å². The molecule has 1 amide bonds. The fraction of sp³-hybridized carbons (Fsp3) is 0.381. The number of carbonyl (C=O) groups is 1. The number of nitrogens with zero attached hydrogens (tertiary/aromatic N) is 1. The summed E-state index contributed by atoms with van der Waals surface area (Å²) in [7, 11) is 1.54. The molecule has 1 aliphatic rings. The Kier molecular flexibility index (Phi) is 6.24. The lowest BCUT2D eigenvalue weighted by molar-refractivity contribution is 0.0786. The lowest BCUT2D eigenvalue weighted by atomic mass is 9.89. The molecule has 2 aromatic carbocycles. The van der Waals surface area contributed by atoms with Crippen molar-refractivity contribution in [2.24, 2.45) is 11.7 Å². The summed E-state index contributed by atoms with van der Waals surface area (Å²) in [5.74, 6) is 1.32. The molecule has 0 bridgehead atoms. The van der Waals surface area contributed by atoms with Crippen molar-refractivity contribution in [1.29, 1.82) is 0 Å². The van der Waals surface area contributed by atoms with Gasteiger partial charge in [0.25, 0.3) is 5.91 Å². The maximum Gasteiger partial charge on any atom is 0.254 e. The van der Waals surface area contributed by atoms with Gasteiger partial charge in [0, 0.05) is 24.6 Å². The number of hydrogen-bond donors (Lipinski definition) is 1. The number of benzene rings is 2. The first-order chi connectivity index (χ1) is 13.1. The van der Waals surface area contributed by atoms with Gasteiger partial charge in [0.2, 0.25) is 0 Å². The number of amides is 1. The summed E-state index contributed by atoms with van der Waals surface area (Å²) in [4.78, 5) is 15.0. The largest absolute Gasteiger partial charge is 0.493 e. The Morgan fingerprint density at radius 1 is 1.26 bits per heavy atom. The van der Waals surface area contributed by atoms with Gasteiger partial charge in [-0.1, -0.05) is 41.9 Å². The molecule has 0 saturated carbocycles. The average molecular weight is 389 g/mol. The van der Waals surface area contributed by atoms with Crippen LogP contribution in [0, 0.1) is 5.92 Å². The summed E-state index contributed by atoms with van der Waals surface area (Å²) in [5, 5.41) is 0.369. The molecule has 1 saturated heterocycles. The van der Waals surface area contributed by atoms with E-state index in [9.17, 15) is 4.79 Å². The van der Waals surface area contributed by atoms with Crippen LogP contribution in [-0.2, 0) is 0 Å². The maximum absolute atomic E-state index is 13.1. The van der Waals surface area contributed by atoms with Crippen LogP contribution in [0.15, 0.2) is 42.5 Å². The van der Waals surface area contributed by atoms with E-state index in [1.165, 1.54) is 12.7 Å². The first-order valence-corrected chi connectivity index (χ1v) is 9.51. The summed E-state index contributed by atoms with van der Waals surface area (Å²) in [6.07, 6.45) is 0. The van der Waals surface area contributed by atoms with Gasteiger partial charge in [0.05, 0.1) is 18.7 Å². The molecule has 2 N–H and O–H groups in total. The molecule has 144 valence electrons. The third kappa shape index (κ3) is 4.04. The zero-order chi connectivity index (χ0) is 19.4. The summed E-state index contributed by atoms with van der Waals surface area (Å²) in [6, 6.07) is 13.6.